The van der Waals surface area contributed by atoms with Crippen LogP contribution in [0.15, 0.2) is 24.3 Å². The second-order valence-corrected chi connectivity index (χ2v) is 5.15. The Morgan fingerprint density at radius 3 is 2.28 bits per heavy atom. The molecule has 1 amide bonds. The van der Waals surface area contributed by atoms with Crippen LogP contribution in [0, 0.1) is 12.8 Å². The van der Waals surface area contributed by atoms with Crippen LogP contribution >= 0.6 is 0 Å². The van der Waals surface area contributed by atoms with Crippen LogP contribution in [-0.2, 0) is 4.79 Å². The first-order valence-electron chi connectivity index (χ1n) is 6.58. The van der Waals surface area contributed by atoms with Gasteiger partial charge in [0.05, 0.1) is 12.1 Å². The van der Waals surface area contributed by atoms with Gasteiger partial charge in [-0.05, 0) is 24.8 Å². The molecule has 1 rings (SSSR count). The molecule has 1 aromatic carbocycles. The van der Waals surface area contributed by atoms with Crippen LogP contribution in [-0.4, -0.2) is 11.9 Å². The van der Waals surface area contributed by atoms with E-state index in [4.69, 9.17) is 5.73 Å². The highest BCUT2D eigenvalue weighted by Crippen LogP contribution is 2.17. The number of benzene rings is 1. The molecule has 0 bridgehead atoms. The van der Waals surface area contributed by atoms with Gasteiger partial charge in [-0.1, -0.05) is 50.6 Å². The Labute approximate surface area is 110 Å². The number of carbonyl (C=O) groups is 1. The molecule has 0 aliphatic heterocycles. The minimum absolute atomic E-state index is 0.0444. The van der Waals surface area contributed by atoms with E-state index < -0.39 is 6.04 Å². The Bertz CT molecular complexity index is 384. The monoisotopic (exact) mass is 248 g/mol. The second kappa shape index (κ2) is 6.55. The van der Waals surface area contributed by atoms with Gasteiger partial charge in [-0.2, -0.15) is 0 Å². The van der Waals surface area contributed by atoms with Gasteiger partial charge in [-0.3, -0.25) is 4.79 Å². The summed E-state index contributed by atoms with van der Waals surface area (Å²) in [5, 5.41) is 3.02. The van der Waals surface area contributed by atoms with Crippen molar-refractivity contribution in [2.45, 2.75) is 46.2 Å². The summed E-state index contributed by atoms with van der Waals surface area (Å²) in [6, 6.07) is 7.85. The van der Waals surface area contributed by atoms with Crippen LogP contribution in [0.3, 0.4) is 0 Å². The van der Waals surface area contributed by atoms with E-state index in [9.17, 15) is 4.79 Å². The maximum absolute atomic E-state index is 12.0. The first-order chi connectivity index (χ1) is 8.45. The number of aryl methyl sites for hydroxylation is 1. The van der Waals surface area contributed by atoms with Crippen molar-refractivity contribution in [2.75, 3.05) is 0 Å². The minimum Gasteiger partial charge on any atom is -0.348 e. The molecule has 0 aromatic heterocycles. The topological polar surface area (TPSA) is 55.1 Å². The number of rotatable bonds is 5. The zero-order valence-corrected chi connectivity index (χ0v) is 11.7. The maximum atomic E-state index is 12.0. The predicted octanol–water partition coefficient (Wildman–Crippen LogP) is 2.55. The fourth-order valence-corrected chi connectivity index (χ4v) is 1.79. The summed E-state index contributed by atoms with van der Waals surface area (Å²) in [6.07, 6.45) is 0.861. The molecule has 3 nitrogen and oxygen atoms in total. The summed E-state index contributed by atoms with van der Waals surface area (Å²) in [5.41, 5.74) is 8.21. The van der Waals surface area contributed by atoms with E-state index in [1.807, 2.05) is 13.8 Å². The molecule has 2 atom stereocenters. The third kappa shape index (κ3) is 3.84. The Morgan fingerprint density at radius 2 is 1.83 bits per heavy atom. The fourth-order valence-electron chi connectivity index (χ4n) is 1.79. The molecule has 0 aliphatic rings. The first-order valence-corrected chi connectivity index (χ1v) is 6.58. The standard InChI is InChI=1S/C15H24N2O/c1-5-13(12-8-6-11(4)7-9-12)17-15(18)14(16)10(2)3/h6-10,13-14H,5,16H2,1-4H3,(H,17,18). The first kappa shape index (κ1) is 14.7. The zero-order chi connectivity index (χ0) is 13.7. The third-order valence-corrected chi connectivity index (χ3v) is 3.23. The van der Waals surface area contributed by atoms with Gasteiger partial charge in [0.15, 0.2) is 0 Å². The molecule has 0 heterocycles. The van der Waals surface area contributed by atoms with E-state index in [-0.39, 0.29) is 17.9 Å². The van der Waals surface area contributed by atoms with Crippen LogP contribution in [0.1, 0.15) is 44.4 Å². The minimum atomic E-state index is -0.440. The molecule has 100 valence electrons. The highest BCUT2D eigenvalue weighted by atomic mass is 16.2. The van der Waals surface area contributed by atoms with Crippen LogP contribution in [0.5, 0.6) is 0 Å². The molecule has 0 fully saturated rings. The number of carbonyl (C=O) groups excluding carboxylic acids is 1. The number of nitrogens with two attached hydrogens (primary N) is 1. The van der Waals surface area contributed by atoms with Crippen LogP contribution in [0.4, 0.5) is 0 Å². The quantitative estimate of drug-likeness (QED) is 0.841. The Hall–Kier alpha value is -1.35. The molecule has 0 saturated heterocycles. The van der Waals surface area contributed by atoms with Crippen molar-refractivity contribution in [3.63, 3.8) is 0 Å². The van der Waals surface area contributed by atoms with Gasteiger partial charge in [0.25, 0.3) is 0 Å². The average Bonchev–Trinajstić information content (AvgIpc) is 2.35. The van der Waals surface area contributed by atoms with Gasteiger partial charge in [0.2, 0.25) is 5.91 Å². The van der Waals surface area contributed by atoms with Crippen molar-refractivity contribution in [2.24, 2.45) is 11.7 Å². The fraction of sp³-hybridized carbons (Fsp3) is 0.533. The Kier molecular flexibility index (Phi) is 5.35. The van der Waals surface area contributed by atoms with Crippen LogP contribution in [0.2, 0.25) is 0 Å². The highest BCUT2D eigenvalue weighted by molar-refractivity contribution is 5.82. The molecule has 2 unspecified atom stereocenters. The van der Waals surface area contributed by atoms with Crippen molar-refractivity contribution < 1.29 is 4.79 Å². The molecular weight excluding hydrogens is 224 g/mol. The van der Waals surface area contributed by atoms with Gasteiger partial charge in [-0.15, -0.1) is 0 Å². The molecule has 0 radical (unpaired) electrons. The van der Waals surface area contributed by atoms with Crippen molar-refractivity contribution in [3.05, 3.63) is 35.4 Å². The number of amides is 1. The number of hydrogen-bond acceptors (Lipinski definition) is 2. The number of nitrogens with one attached hydrogen (secondary N) is 1. The smallest absolute Gasteiger partial charge is 0.237 e. The van der Waals surface area contributed by atoms with Gasteiger partial charge in [0, 0.05) is 0 Å². The molecule has 18 heavy (non-hydrogen) atoms. The average molecular weight is 248 g/mol. The van der Waals surface area contributed by atoms with Crippen molar-refractivity contribution in [1.82, 2.24) is 5.32 Å². The normalized spacial score (nSPS) is 14.3. The van der Waals surface area contributed by atoms with Crippen molar-refractivity contribution in [3.8, 4) is 0 Å². The van der Waals surface area contributed by atoms with E-state index in [0.29, 0.717) is 0 Å². The van der Waals surface area contributed by atoms with Gasteiger partial charge in [0.1, 0.15) is 0 Å². The molecule has 0 spiro atoms. The lowest BCUT2D eigenvalue weighted by atomic mass is 10.0. The predicted molar refractivity (Wildman–Crippen MR) is 75.2 cm³/mol. The zero-order valence-electron chi connectivity index (χ0n) is 11.7. The highest BCUT2D eigenvalue weighted by Gasteiger charge is 2.20. The van der Waals surface area contributed by atoms with Crippen molar-refractivity contribution in [1.29, 1.82) is 0 Å². The lowest BCUT2D eigenvalue weighted by Crippen LogP contribution is -2.45. The van der Waals surface area contributed by atoms with Gasteiger partial charge in [-0.25, -0.2) is 0 Å². The van der Waals surface area contributed by atoms with E-state index in [1.54, 1.807) is 0 Å². The lowest BCUT2D eigenvalue weighted by Gasteiger charge is -2.22. The summed E-state index contributed by atoms with van der Waals surface area (Å²) in [5.74, 6) is 0.0814. The Morgan fingerprint density at radius 1 is 1.28 bits per heavy atom. The van der Waals surface area contributed by atoms with Crippen LogP contribution in [0.25, 0.3) is 0 Å². The number of hydrogen-bond donors (Lipinski definition) is 2. The summed E-state index contributed by atoms with van der Waals surface area (Å²) in [6.45, 7) is 8.03. The largest absolute Gasteiger partial charge is 0.348 e. The Balaban J connectivity index is 2.73. The summed E-state index contributed by atoms with van der Waals surface area (Å²) < 4.78 is 0. The molecule has 0 aliphatic carbocycles. The molecule has 1 aromatic rings. The van der Waals surface area contributed by atoms with E-state index in [2.05, 4.69) is 43.4 Å². The lowest BCUT2D eigenvalue weighted by molar-refractivity contribution is -0.124. The van der Waals surface area contributed by atoms with Gasteiger partial charge < -0.3 is 11.1 Å². The summed E-state index contributed by atoms with van der Waals surface area (Å²) in [7, 11) is 0. The maximum Gasteiger partial charge on any atom is 0.237 e. The third-order valence-electron chi connectivity index (χ3n) is 3.23. The van der Waals surface area contributed by atoms with E-state index in [0.717, 1.165) is 12.0 Å². The SMILES string of the molecule is CCC(NC(=O)C(N)C(C)C)c1ccc(C)cc1. The molecule has 0 saturated carbocycles. The molecular formula is C15H24N2O. The van der Waals surface area contributed by atoms with Crippen molar-refractivity contribution >= 4 is 5.91 Å². The summed E-state index contributed by atoms with van der Waals surface area (Å²) >= 11 is 0. The van der Waals surface area contributed by atoms with E-state index in [1.165, 1.54) is 5.56 Å². The molecule has 3 N–H and O–H groups in total. The second-order valence-electron chi connectivity index (χ2n) is 5.15. The van der Waals surface area contributed by atoms with Crippen LogP contribution < -0.4 is 11.1 Å². The summed E-state index contributed by atoms with van der Waals surface area (Å²) in [4.78, 5) is 12.0. The van der Waals surface area contributed by atoms with E-state index >= 15 is 0 Å². The van der Waals surface area contributed by atoms with Gasteiger partial charge >= 0.3 is 0 Å². The molecule has 3 heteroatoms.